The van der Waals surface area contributed by atoms with Crippen LogP contribution in [0.25, 0.3) is 0 Å². The number of aromatic nitrogens is 2. The molecule has 0 aliphatic carbocycles. The number of nitrogens with one attached hydrogen (secondary N) is 1. The van der Waals surface area contributed by atoms with Crippen LogP contribution in [0.2, 0.25) is 0 Å². The second-order valence-electron chi connectivity index (χ2n) is 4.69. The lowest BCUT2D eigenvalue weighted by molar-refractivity contribution is 0.298. The smallest absolute Gasteiger partial charge is 0.255 e. The number of rotatable bonds is 5. The second-order valence-corrected chi connectivity index (χ2v) is 5.65. The molecule has 0 saturated carbocycles. The van der Waals surface area contributed by atoms with Crippen LogP contribution in [-0.4, -0.2) is 21.7 Å². The number of benzene rings is 1. The lowest BCUT2D eigenvalue weighted by atomic mass is 10.2. The second kappa shape index (κ2) is 6.72. The van der Waals surface area contributed by atoms with Gasteiger partial charge in [-0.05, 0) is 19.4 Å². The topological polar surface area (TPSA) is 66.0 Å². The highest BCUT2D eigenvalue weighted by Gasteiger charge is 2.08. The van der Waals surface area contributed by atoms with E-state index in [0.29, 0.717) is 22.8 Å². The van der Waals surface area contributed by atoms with Crippen molar-refractivity contribution in [3.63, 3.8) is 0 Å². The number of aromatic amines is 1. The molecule has 0 fully saturated rings. The minimum Gasteiger partial charge on any atom is -0.396 e. The maximum atomic E-state index is 11.9. The molecule has 2 rings (SSSR count). The third-order valence-electron chi connectivity index (χ3n) is 3.02. The predicted octanol–water partition coefficient (Wildman–Crippen LogP) is 2.21. The Labute approximate surface area is 122 Å². The summed E-state index contributed by atoms with van der Waals surface area (Å²) in [6.07, 6.45) is 0.344. The van der Waals surface area contributed by atoms with Crippen LogP contribution < -0.4 is 5.56 Å². The van der Waals surface area contributed by atoms with Crippen LogP contribution in [0, 0.1) is 13.8 Å². The van der Waals surface area contributed by atoms with Gasteiger partial charge in [-0.15, -0.1) is 0 Å². The number of H-pyrrole nitrogens is 1. The summed E-state index contributed by atoms with van der Waals surface area (Å²) in [5, 5.41) is 9.55. The highest BCUT2D eigenvalue weighted by Crippen LogP contribution is 2.19. The molecule has 0 radical (unpaired) electrons. The standard InChI is InChI=1S/C15H18N2O2S/c1-10-4-3-5-12(8-10)9-20-15-16-11(2)13(6-7-18)14(19)17-15/h3-5,8,18H,6-7,9H2,1-2H3,(H,16,17,19). The molecule has 1 aromatic carbocycles. The maximum Gasteiger partial charge on any atom is 0.255 e. The molecule has 0 spiro atoms. The Morgan fingerprint density at radius 2 is 2.15 bits per heavy atom. The largest absolute Gasteiger partial charge is 0.396 e. The Hall–Kier alpha value is -1.59. The van der Waals surface area contributed by atoms with Crippen molar-refractivity contribution < 1.29 is 5.11 Å². The first kappa shape index (κ1) is 14.8. The van der Waals surface area contributed by atoms with Gasteiger partial charge < -0.3 is 10.1 Å². The summed E-state index contributed by atoms with van der Waals surface area (Å²) < 4.78 is 0. The fraction of sp³-hybridized carbons (Fsp3) is 0.333. The van der Waals surface area contributed by atoms with Gasteiger partial charge in [0, 0.05) is 30.0 Å². The fourth-order valence-electron chi connectivity index (χ4n) is 2.01. The van der Waals surface area contributed by atoms with E-state index in [1.807, 2.05) is 6.07 Å². The summed E-state index contributed by atoms with van der Waals surface area (Å²) in [5.74, 6) is 0.767. The molecule has 0 saturated heterocycles. The molecule has 0 unspecified atom stereocenters. The predicted molar refractivity (Wildman–Crippen MR) is 81.1 cm³/mol. The molecule has 2 aromatic rings. The number of hydrogen-bond acceptors (Lipinski definition) is 4. The van der Waals surface area contributed by atoms with Crippen LogP contribution in [0.5, 0.6) is 0 Å². The fourth-order valence-corrected chi connectivity index (χ4v) is 2.86. The van der Waals surface area contributed by atoms with E-state index in [1.54, 1.807) is 6.92 Å². The van der Waals surface area contributed by atoms with E-state index in [1.165, 1.54) is 22.9 Å². The van der Waals surface area contributed by atoms with Gasteiger partial charge in [0.25, 0.3) is 5.56 Å². The summed E-state index contributed by atoms with van der Waals surface area (Å²) >= 11 is 1.51. The molecule has 106 valence electrons. The molecule has 0 bridgehead atoms. The van der Waals surface area contributed by atoms with Crippen LogP contribution in [-0.2, 0) is 12.2 Å². The van der Waals surface area contributed by atoms with Crippen molar-refractivity contribution in [2.45, 2.75) is 31.2 Å². The zero-order valence-corrected chi connectivity index (χ0v) is 12.5. The van der Waals surface area contributed by atoms with Gasteiger partial charge in [0.1, 0.15) is 0 Å². The van der Waals surface area contributed by atoms with E-state index in [0.717, 1.165) is 5.75 Å². The number of aryl methyl sites for hydroxylation is 2. The number of aliphatic hydroxyl groups excluding tert-OH is 1. The van der Waals surface area contributed by atoms with E-state index < -0.39 is 0 Å². The van der Waals surface area contributed by atoms with Crippen molar-refractivity contribution in [2.75, 3.05) is 6.61 Å². The highest BCUT2D eigenvalue weighted by atomic mass is 32.2. The zero-order chi connectivity index (χ0) is 14.5. The Bertz CT molecular complexity index is 653. The van der Waals surface area contributed by atoms with E-state index in [9.17, 15) is 4.79 Å². The number of aliphatic hydroxyl groups is 1. The minimum atomic E-state index is -0.154. The van der Waals surface area contributed by atoms with Crippen molar-refractivity contribution >= 4 is 11.8 Å². The third-order valence-corrected chi connectivity index (χ3v) is 3.96. The first-order chi connectivity index (χ1) is 9.60. The minimum absolute atomic E-state index is 0.0403. The molecule has 0 amide bonds. The number of nitrogens with zero attached hydrogens (tertiary/aromatic N) is 1. The van der Waals surface area contributed by atoms with Crippen molar-refractivity contribution in [1.29, 1.82) is 0 Å². The molecular weight excluding hydrogens is 272 g/mol. The van der Waals surface area contributed by atoms with Crippen molar-refractivity contribution in [3.8, 4) is 0 Å². The molecule has 5 heteroatoms. The molecule has 0 aliphatic rings. The van der Waals surface area contributed by atoms with Crippen molar-refractivity contribution in [2.24, 2.45) is 0 Å². The van der Waals surface area contributed by atoms with Crippen LogP contribution in [0.15, 0.2) is 34.2 Å². The summed E-state index contributed by atoms with van der Waals surface area (Å²) in [7, 11) is 0. The Kier molecular flexibility index (Phi) is 4.98. The molecular formula is C15H18N2O2S. The van der Waals surface area contributed by atoms with Gasteiger partial charge in [0.15, 0.2) is 5.16 Å². The molecule has 1 heterocycles. The quantitative estimate of drug-likeness (QED) is 0.654. The average molecular weight is 290 g/mol. The summed E-state index contributed by atoms with van der Waals surface area (Å²) in [6, 6.07) is 8.27. The number of hydrogen-bond donors (Lipinski definition) is 2. The van der Waals surface area contributed by atoms with Crippen molar-refractivity contribution in [3.05, 3.63) is 57.0 Å². The van der Waals surface area contributed by atoms with Gasteiger partial charge in [-0.1, -0.05) is 41.6 Å². The first-order valence-corrected chi connectivity index (χ1v) is 7.47. The van der Waals surface area contributed by atoms with Crippen LogP contribution in [0.4, 0.5) is 0 Å². The monoisotopic (exact) mass is 290 g/mol. The summed E-state index contributed by atoms with van der Waals surface area (Å²) in [6.45, 7) is 3.82. The van der Waals surface area contributed by atoms with E-state index in [2.05, 4.69) is 35.1 Å². The van der Waals surface area contributed by atoms with Gasteiger partial charge in [0.05, 0.1) is 0 Å². The van der Waals surface area contributed by atoms with Crippen molar-refractivity contribution in [1.82, 2.24) is 9.97 Å². The molecule has 20 heavy (non-hydrogen) atoms. The normalized spacial score (nSPS) is 10.8. The molecule has 4 nitrogen and oxygen atoms in total. The van der Waals surface area contributed by atoms with E-state index in [4.69, 9.17) is 5.11 Å². The van der Waals surface area contributed by atoms with Gasteiger partial charge in [-0.2, -0.15) is 0 Å². The van der Waals surface area contributed by atoms with E-state index in [-0.39, 0.29) is 12.2 Å². The van der Waals surface area contributed by atoms with Gasteiger partial charge in [-0.3, -0.25) is 4.79 Å². The Balaban J connectivity index is 2.13. The lowest BCUT2D eigenvalue weighted by Crippen LogP contribution is -2.18. The molecule has 1 aromatic heterocycles. The SMILES string of the molecule is Cc1cccc(CSc2nc(C)c(CCO)c(=O)[nH]2)c1. The van der Waals surface area contributed by atoms with Gasteiger partial charge in [-0.25, -0.2) is 4.98 Å². The highest BCUT2D eigenvalue weighted by molar-refractivity contribution is 7.98. The van der Waals surface area contributed by atoms with Gasteiger partial charge in [0.2, 0.25) is 0 Å². The third kappa shape index (κ3) is 3.71. The Morgan fingerprint density at radius 1 is 1.35 bits per heavy atom. The maximum absolute atomic E-state index is 11.9. The number of thioether (sulfide) groups is 1. The first-order valence-electron chi connectivity index (χ1n) is 6.49. The molecule has 0 atom stereocenters. The summed E-state index contributed by atoms with van der Waals surface area (Å²) in [4.78, 5) is 19.1. The van der Waals surface area contributed by atoms with Crippen LogP contribution in [0.1, 0.15) is 22.4 Å². The summed E-state index contributed by atoms with van der Waals surface area (Å²) in [5.41, 5.74) is 3.52. The zero-order valence-electron chi connectivity index (χ0n) is 11.6. The average Bonchev–Trinajstić information content (AvgIpc) is 2.41. The van der Waals surface area contributed by atoms with Crippen LogP contribution in [0.3, 0.4) is 0 Å². The molecule has 0 aliphatic heterocycles. The Morgan fingerprint density at radius 3 is 2.80 bits per heavy atom. The molecule has 2 N–H and O–H groups in total. The van der Waals surface area contributed by atoms with Crippen LogP contribution >= 0.6 is 11.8 Å². The lowest BCUT2D eigenvalue weighted by Gasteiger charge is -2.06. The van der Waals surface area contributed by atoms with Gasteiger partial charge >= 0.3 is 0 Å². The van der Waals surface area contributed by atoms with E-state index >= 15 is 0 Å².